The Morgan fingerprint density at radius 3 is 2.62 bits per heavy atom. The molecule has 1 aliphatic rings. The molecule has 0 radical (unpaired) electrons. The van der Waals surface area contributed by atoms with Crippen molar-refractivity contribution in [1.29, 1.82) is 0 Å². The van der Waals surface area contributed by atoms with Gasteiger partial charge in [0.05, 0.1) is 10.7 Å². The van der Waals surface area contributed by atoms with Gasteiger partial charge in [-0.05, 0) is 31.3 Å². The molecule has 1 atom stereocenters. The SMILES string of the molecule is CCCNCC(Cc1nc(C(C)(C)C)cs1)C1CCCC1. The lowest BCUT2D eigenvalue weighted by molar-refractivity contribution is 0.320. The number of nitrogens with one attached hydrogen (secondary N) is 1. The highest BCUT2D eigenvalue weighted by Crippen LogP contribution is 2.34. The first-order valence-corrected chi connectivity index (χ1v) is 9.54. The highest BCUT2D eigenvalue weighted by molar-refractivity contribution is 7.09. The number of thiazole rings is 1. The van der Waals surface area contributed by atoms with Crippen LogP contribution in [0.4, 0.5) is 0 Å². The molecular weight excluding hydrogens is 276 g/mol. The second-order valence-corrected chi connectivity index (χ2v) is 8.53. The highest BCUT2D eigenvalue weighted by atomic mass is 32.1. The van der Waals surface area contributed by atoms with Crippen molar-refractivity contribution in [3.63, 3.8) is 0 Å². The first-order valence-electron chi connectivity index (χ1n) is 8.66. The van der Waals surface area contributed by atoms with Gasteiger partial charge in [-0.15, -0.1) is 11.3 Å². The minimum Gasteiger partial charge on any atom is -0.316 e. The van der Waals surface area contributed by atoms with Crippen molar-refractivity contribution >= 4 is 11.3 Å². The van der Waals surface area contributed by atoms with E-state index >= 15 is 0 Å². The first-order chi connectivity index (χ1) is 10.0. The highest BCUT2D eigenvalue weighted by Gasteiger charge is 2.26. The standard InChI is InChI=1S/C18H32N2S/c1-5-10-19-12-15(14-8-6-7-9-14)11-17-20-16(13-21-17)18(2,3)4/h13-15,19H,5-12H2,1-4H3. The van der Waals surface area contributed by atoms with Crippen LogP contribution in [-0.4, -0.2) is 18.1 Å². The Bertz CT molecular complexity index is 413. The third-order valence-electron chi connectivity index (χ3n) is 4.66. The van der Waals surface area contributed by atoms with Gasteiger partial charge < -0.3 is 5.32 Å². The van der Waals surface area contributed by atoms with Crippen LogP contribution >= 0.6 is 11.3 Å². The monoisotopic (exact) mass is 308 g/mol. The molecule has 1 aromatic heterocycles. The van der Waals surface area contributed by atoms with E-state index in [4.69, 9.17) is 4.98 Å². The van der Waals surface area contributed by atoms with Crippen LogP contribution in [0.15, 0.2) is 5.38 Å². The lowest BCUT2D eigenvalue weighted by atomic mass is 9.88. The summed E-state index contributed by atoms with van der Waals surface area (Å²) in [5, 5.41) is 7.25. The normalized spacial score (nSPS) is 18.3. The van der Waals surface area contributed by atoms with Crippen molar-refractivity contribution in [2.45, 2.75) is 71.6 Å². The summed E-state index contributed by atoms with van der Waals surface area (Å²) in [5.41, 5.74) is 1.44. The average Bonchev–Trinajstić information content (AvgIpc) is 3.08. The van der Waals surface area contributed by atoms with Gasteiger partial charge in [0.15, 0.2) is 0 Å². The van der Waals surface area contributed by atoms with E-state index in [0.29, 0.717) is 0 Å². The predicted molar refractivity (Wildman–Crippen MR) is 93.1 cm³/mol. The summed E-state index contributed by atoms with van der Waals surface area (Å²) in [4.78, 5) is 4.91. The molecule has 1 unspecified atom stereocenters. The number of nitrogens with zero attached hydrogens (tertiary/aromatic N) is 1. The molecule has 3 heteroatoms. The molecule has 1 heterocycles. The molecule has 1 aliphatic carbocycles. The lowest BCUT2D eigenvalue weighted by Gasteiger charge is -2.23. The fraction of sp³-hybridized carbons (Fsp3) is 0.833. The second kappa shape index (κ2) is 7.73. The van der Waals surface area contributed by atoms with E-state index in [1.807, 2.05) is 11.3 Å². The molecule has 0 saturated heterocycles. The molecule has 2 rings (SSSR count). The number of rotatable bonds is 7. The summed E-state index contributed by atoms with van der Waals surface area (Å²) in [5.74, 6) is 1.69. The zero-order valence-corrected chi connectivity index (χ0v) is 15.1. The zero-order chi connectivity index (χ0) is 15.3. The van der Waals surface area contributed by atoms with E-state index in [2.05, 4.69) is 38.4 Å². The van der Waals surface area contributed by atoms with Gasteiger partial charge in [-0.3, -0.25) is 0 Å². The van der Waals surface area contributed by atoms with Crippen LogP contribution in [0.2, 0.25) is 0 Å². The Morgan fingerprint density at radius 2 is 2.05 bits per heavy atom. The van der Waals surface area contributed by atoms with Crippen LogP contribution in [0.1, 0.15) is 70.5 Å². The Labute approximate surface area is 134 Å². The fourth-order valence-electron chi connectivity index (χ4n) is 3.27. The first kappa shape index (κ1) is 17.0. The van der Waals surface area contributed by atoms with Gasteiger partial charge in [-0.1, -0.05) is 53.4 Å². The quantitative estimate of drug-likeness (QED) is 0.733. The van der Waals surface area contributed by atoms with Crippen molar-refractivity contribution in [2.75, 3.05) is 13.1 Å². The summed E-state index contributed by atoms with van der Waals surface area (Å²) in [6.07, 6.45) is 8.11. The van der Waals surface area contributed by atoms with Crippen molar-refractivity contribution in [3.8, 4) is 0 Å². The topological polar surface area (TPSA) is 24.9 Å². The second-order valence-electron chi connectivity index (χ2n) is 7.59. The van der Waals surface area contributed by atoms with Crippen LogP contribution in [0, 0.1) is 11.8 Å². The largest absolute Gasteiger partial charge is 0.316 e. The number of aromatic nitrogens is 1. The molecule has 0 aliphatic heterocycles. The van der Waals surface area contributed by atoms with Gasteiger partial charge in [0, 0.05) is 17.2 Å². The van der Waals surface area contributed by atoms with Gasteiger partial charge in [-0.25, -0.2) is 4.98 Å². The van der Waals surface area contributed by atoms with Gasteiger partial charge in [0.1, 0.15) is 0 Å². The van der Waals surface area contributed by atoms with Crippen LogP contribution in [0.25, 0.3) is 0 Å². The predicted octanol–water partition coefficient (Wildman–Crippen LogP) is 4.79. The van der Waals surface area contributed by atoms with Gasteiger partial charge in [0.25, 0.3) is 0 Å². The van der Waals surface area contributed by atoms with E-state index in [1.165, 1.54) is 55.8 Å². The van der Waals surface area contributed by atoms with Crippen LogP contribution < -0.4 is 5.32 Å². The third-order valence-corrected chi connectivity index (χ3v) is 5.53. The Balaban J connectivity index is 1.98. The molecule has 120 valence electrons. The molecule has 1 fully saturated rings. The van der Waals surface area contributed by atoms with Crippen molar-refractivity contribution in [1.82, 2.24) is 10.3 Å². The Hall–Kier alpha value is -0.410. The molecule has 2 nitrogen and oxygen atoms in total. The smallest absolute Gasteiger partial charge is 0.0931 e. The molecule has 0 aromatic carbocycles. The summed E-state index contributed by atoms with van der Waals surface area (Å²) in [6.45, 7) is 11.3. The number of hydrogen-bond donors (Lipinski definition) is 1. The molecule has 0 spiro atoms. The summed E-state index contributed by atoms with van der Waals surface area (Å²) in [7, 11) is 0. The van der Waals surface area contributed by atoms with Crippen molar-refractivity contribution < 1.29 is 0 Å². The zero-order valence-electron chi connectivity index (χ0n) is 14.2. The molecule has 0 bridgehead atoms. The molecule has 0 amide bonds. The average molecular weight is 309 g/mol. The maximum absolute atomic E-state index is 4.91. The summed E-state index contributed by atoms with van der Waals surface area (Å²) >= 11 is 1.86. The fourth-order valence-corrected chi connectivity index (χ4v) is 4.39. The molecule has 21 heavy (non-hydrogen) atoms. The third kappa shape index (κ3) is 5.07. The van der Waals surface area contributed by atoms with E-state index < -0.39 is 0 Å². The molecule has 1 aromatic rings. The minimum atomic E-state index is 0.179. The molecule has 1 N–H and O–H groups in total. The van der Waals surface area contributed by atoms with Crippen molar-refractivity contribution in [2.24, 2.45) is 11.8 Å². The van der Waals surface area contributed by atoms with Crippen LogP contribution in [0.3, 0.4) is 0 Å². The van der Waals surface area contributed by atoms with E-state index in [1.54, 1.807) is 0 Å². The van der Waals surface area contributed by atoms with Crippen molar-refractivity contribution in [3.05, 3.63) is 16.1 Å². The Kier molecular flexibility index (Phi) is 6.24. The van der Waals surface area contributed by atoms with Gasteiger partial charge in [0.2, 0.25) is 0 Å². The van der Waals surface area contributed by atoms with E-state index in [9.17, 15) is 0 Å². The molecular formula is C18H32N2S. The van der Waals surface area contributed by atoms with Gasteiger partial charge >= 0.3 is 0 Å². The van der Waals surface area contributed by atoms with E-state index in [0.717, 1.165) is 18.4 Å². The van der Waals surface area contributed by atoms with E-state index in [-0.39, 0.29) is 5.41 Å². The maximum Gasteiger partial charge on any atom is 0.0931 e. The van der Waals surface area contributed by atoms with Crippen LogP contribution in [0.5, 0.6) is 0 Å². The minimum absolute atomic E-state index is 0.179. The van der Waals surface area contributed by atoms with Gasteiger partial charge in [-0.2, -0.15) is 0 Å². The maximum atomic E-state index is 4.91. The van der Waals surface area contributed by atoms with Crippen LogP contribution in [-0.2, 0) is 11.8 Å². The number of hydrogen-bond acceptors (Lipinski definition) is 3. The summed E-state index contributed by atoms with van der Waals surface area (Å²) in [6, 6.07) is 0. The summed E-state index contributed by atoms with van der Waals surface area (Å²) < 4.78 is 0. The molecule has 1 saturated carbocycles. The lowest BCUT2D eigenvalue weighted by Crippen LogP contribution is -2.29. The Morgan fingerprint density at radius 1 is 1.33 bits per heavy atom.